The fraction of sp³-hybridized carbons (Fsp3) is 0.368. The number of aromatic nitrogens is 1. The van der Waals surface area contributed by atoms with Gasteiger partial charge in [0.05, 0.1) is 24.1 Å². The van der Waals surface area contributed by atoms with Gasteiger partial charge in [0, 0.05) is 18.8 Å². The number of hydrogen-bond donors (Lipinski definition) is 2. The third kappa shape index (κ3) is 5.87. The largest absolute Gasteiger partial charge is 0.310 e. The van der Waals surface area contributed by atoms with E-state index in [0.717, 1.165) is 6.26 Å². The van der Waals surface area contributed by atoms with Crippen LogP contribution in [0.2, 0.25) is 0 Å². The number of amides is 1. The van der Waals surface area contributed by atoms with Crippen molar-refractivity contribution in [2.45, 2.75) is 13.8 Å². The van der Waals surface area contributed by atoms with Crippen LogP contribution in [-0.2, 0) is 14.8 Å². The van der Waals surface area contributed by atoms with Crippen molar-refractivity contribution in [3.8, 4) is 11.8 Å². The highest BCUT2D eigenvalue weighted by Crippen LogP contribution is 2.30. The molecule has 1 heterocycles. The van der Waals surface area contributed by atoms with E-state index < -0.39 is 15.8 Å². The van der Waals surface area contributed by atoms with Gasteiger partial charge < -0.3 is 5.32 Å². The average molecular weight is 421 g/mol. The molecule has 1 aromatic carbocycles. The van der Waals surface area contributed by atoms with Crippen LogP contribution in [0, 0.1) is 31.0 Å². The third-order valence-electron chi connectivity index (χ3n) is 4.42. The first-order valence-electron chi connectivity index (χ1n) is 8.84. The fourth-order valence-corrected chi connectivity index (χ4v) is 3.38. The highest BCUT2D eigenvalue weighted by atomic mass is 32.2. The molecule has 0 radical (unpaired) electrons. The number of likely N-dealkylation sites (N-methyl/N-ethyl adjacent to an activating group) is 1. The molecule has 2 aromatic rings. The van der Waals surface area contributed by atoms with Crippen molar-refractivity contribution in [1.29, 1.82) is 5.26 Å². The second-order valence-electron chi connectivity index (χ2n) is 6.81. The Morgan fingerprint density at radius 2 is 2.03 bits per heavy atom. The Bertz CT molecular complexity index is 1060. The van der Waals surface area contributed by atoms with Gasteiger partial charge in [0.15, 0.2) is 0 Å². The molecule has 0 spiro atoms. The van der Waals surface area contributed by atoms with Gasteiger partial charge in [0.2, 0.25) is 15.9 Å². The first-order chi connectivity index (χ1) is 13.5. The molecule has 0 unspecified atom stereocenters. The van der Waals surface area contributed by atoms with E-state index in [1.54, 1.807) is 42.5 Å². The molecule has 0 saturated heterocycles. The fourth-order valence-electron chi connectivity index (χ4n) is 2.92. The molecule has 0 atom stereocenters. The predicted molar refractivity (Wildman–Crippen MR) is 109 cm³/mol. The number of sulfonamides is 1. The summed E-state index contributed by atoms with van der Waals surface area (Å²) in [5.41, 5.74) is 2.21. The maximum Gasteiger partial charge on any atom is 0.239 e. The van der Waals surface area contributed by atoms with Gasteiger partial charge in [-0.25, -0.2) is 17.5 Å². The van der Waals surface area contributed by atoms with Gasteiger partial charge in [-0.2, -0.15) is 5.26 Å². The minimum atomic E-state index is -3.29. The maximum atomic E-state index is 13.7. The smallest absolute Gasteiger partial charge is 0.239 e. The van der Waals surface area contributed by atoms with Crippen molar-refractivity contribution in [3.05, 3.63) is 46.9 Å². The van der Waals surface area contributed by atoms with Crippen molar-refractivity contribution in [1.82, 2.24) is 14.2 Å². The van der Waals surface area contributed by atoms with E-state index in [1.807, 2.05) is 0 Å². The summed E-state index contributed by atoms with van der Waals surface area (Å²) in [6.07, 6.45) is 1.06. The average Bonchev–Trinajstić information content (AvgIpc) is 2.83. The van der Waals surface area contributed by atoms with Gasteiger partial charge in [-0.15, -0.1) is 0 Å². The summed E-state index contributed by atoms with van der Waals surface area (Å²) in [5, 5.41) is 12.3. The molecule has 0 fully saturated rings. The number of halogens is 1. The third-order valence-corrected chi connectivity index (χ3v) is 5.15. The summed E-state index contributed by atoms with van der Waals surface area (Å²) in [7, 11) is -1.62. The van der Waals surface area contributed by atoms with Gasteiger partial charge in [0.1, 0.15) is 17.7 Å². The maximum absolute atomic E-state index is 13.7. The molecule has 0 aliphatic rings. The Balaban J connectivity index is 2.22. The molecule has 8 nitrogen and oxygen atoms in total. The summed E-state index contributed by atoms with van der Waals surface area (Å²) in [6, 6.07) is 7.99. The molecule has 29 heavy (non-hydrogen) atoms. The van der Waals surface area contributed by atoms with E-state index in [1.165, 1.54) is 12.1 Å². The normalized spacial score (nSPS) is 11.5. The molecule has 2 rings (SSSR count). The first-order valence-corrected chi connectivity index (χ1v) is 10.7. The molecule has 1 aromatic heterocycles. The van der Waals surface area contributed by atoms with E-state index in [4.69, 9.17) is 0 Å². The molecule has 156 valence electrons. The summed E-state index contributed by atoms with van der Waals surface area (Å²) in [5.74, 6) is -0.526. The number of nitrogens with one attached hydrogen (secondary N) is 2. The van der Waals surface area contributed by atoms with E-state index in [-0.39, 0.29) is 24.8 Å². The lowest BCUT2D eigenvalue weighted by Gasteiger charge is -2.17. The second kappa shape index (κ2) is 9.17. The second-order valence-corrected chi connectivity index (χ2v) is 8.65. The number of rotatable bonds is 8. The van der Waals surface area contributed by atoms with E-state index in [9.17, 15) is 22.9 Å². The molecule has 10 heteroatoms. The Hall–Kier alpha value is -2.74. The van der Waals surface area contributed by atoms with Gasteiger partial charge >= 0.3 is 0 Å². The quantitative estimate of drug-likeness (QED) is 0.672. The minimum absolute atomic E-state index is 0.0112. The molecule has 1 amide bonds. The number of hydrogen-bond acceptors (Lipinski definition) is 5. The van der Waals surface area contributed by atoms with Crippen LogP contribution in [0.3, 0.4) is 0 Å². The van der Waals surface area contributed by atoms with Gasteiger partial charge in [-0.05, 0) is 44.7 Å². The molecular formula is C19H24FN5O3S. The number of nitriles is 1. The standard InChI is InChI=1S/C19H24FN5O3S/c1-13-14(2)25(16-7-5-6-15(20)10-16)19(17(13)11-21)23-18(26)12-24(3)9-8-22-29(4,27)28/h5-7,10,22H,8-9,12H2,1-4H3,(H,23,26). The number of carbonyl (C=O) groups is 1. The summed E-state index contributed by atoms with van der Waals surface area (Å²) < 4.78 is 39.9. The van der Waals surface area contributed by atoms with Crippen LogP contribution in [0.25, 0.3) is 5.69 Å². The molecule has 0 saturated carbocycles. The van der Waals surface area contributed by atoms with E-state index >= 15 is 0 Å². The van der Waals surface area contributed by atoms with Crippen molar-refractivity contribution in [2.24, 2.45) is 0 Å². The van der Waals surface area contributed by atoms with Crippen LogP contribution in [-0.4, -0.2) is 56.7 Å². The van der Waals surface area contributed by atoms with Crippen LogP contribution in [0.5, 0.6) is 0 Å². The van der Waals surface area contributed by atoms with Gasteiger partial charge in [-0.3, -0.25) is 14.3 Å². The highest BCUT2D eigenvalue weighted by molar-refractivity contribution is 7.88. The minimum Gasteiger partial charge on any atom is -0.310 e. The van der Waals surface area contributed by atoms with Crippen LogP contribution >= 0.6 is 0 Å². The van der Waals surface area contributed by atoms with Crippen molar-refractivity contribution < 1.29 is 17.6 Å². The van der Waals surface area contributed by atoms with Crippen LogP contribution in [0.15, 0.2) is 24.3 Å². The lowest BCUT2D eigenvalue weighted by atomic mass is 10.2. The van der Waals surface area contributed by atoms with Crippen molar-refractivity contribution >= 4 is 21.7 Å². The predicted octanol–water partition coefficient (Wildman–Crippen LogP) is 1.52. The molecule has 0 aliphatic carbocycles. The van der Waals surface area contributed by atoms with Gasteiger partial charge in [-0.1, -0.05) is 6.07 Å². The molecule has 0 aliphatic heterocycles. The SMILES string of the molecule is Cc1c(C#N)c(NC(=O)CN(C)CCNS(C)(=O)=O)n(-c2cccc(F)c2)c1C. The summed E-state index contributed by atoms with van der Waals surface area (Å²) in [4.78, 5) is 14.2. The van der Waals surface area contributed by atoms with Crippen molar-refractivity contribution in [2.75, 3.05) is 38.3 Å². The summed E-state index contributed by atoms with van der Waals surface area (Å²) in [6.45, 7) is 4.04. The van der Waals surface area contributed by atoms with Gasteiger partial charge in [0.25, 0.3) is 0 Å². The van der Waals surface area contributed by atoms with E-state index in [2.05, 4.69) is 16.1 Å². The lowest BCUT2D eigenvalue weighted by Crippen LogP contribution is -2.36. The zero-order valence-electron chi connectivity index (χ0n) is 16.8. The number of carbonyl (C=O) groups excluding carboxylic acids is 1. The zero-order chi connectivity index (χ0) is 21.8. The zero-order valence-corrected chi connectivity index (χ0v) is 17.6. The Labute approximate surface area is 170 Å². The number of anilines is 1. The number of benzene rings is 1. The van der Waals surface area contributed by atoms with Crippen LogP contribution < -0.4 is 10.0 Å². The van der Waals surface area contributed by atoms with Crippen LogP contribution in [0.1, 0.15) is 16.8 Å². The highest BCUT2D eigenvalue weighted by Gasteiger charge is 2.21. The Morgan fingerprint density at radius 3 is 2.62 bits per heavy atom. The number of nitrogens with zero attached hydrogens (tertiary/aromatic N) is 3. The van der Waals surface area contributed by atoms with E-state index in [0.29, 0.717) is 29.1 Å². The molecule has 2 N–H and O–H groups in total. The Morgan fingerprint density at radius 1 is 1.34 bits per heavy atom. The lowest BCUT2D eigenvalue weighted by molar-refractivity contribution is -0.117. The first kappa shape index (κ1) is 22.5. The monoisotopic (exact) mass is 421 g/mol. The van der Waals surface area contributed by atoms with Crippen molar-refractivity contribution in [3.63, 3.8) is 0 Å². The molecular weight excluding hydrogens is 397 g/mol. The molecule has 0 bridgehead atoms. The summed E-state index contributed by atoms with van der Waals surface area (Å²) >= 11 is 0. The van der Waals surface area contributed by atoms with Crippen LogP contribution in [0.4, 0.5) is 10.2 Å². The Kier molecular flexibility index (Phi) is 7.13. The topological polar surface area (TPSA) is 107 Å².